The average Bonchev–Trinajstić information content (AvgIpc) is 2.19. The second-order valence-electron chi connectivity index (χ2n) is 3.32. The van der Waals surface area contributed by atoms with Crippen molar-refractivity contribution in [3.63, 3.8) is 0 Å². The summed E-state index contributed by atoms with van der Waals surface area (Å²) in [6.45, 7) is 3.78. The highest BCUT2D eigenvalue weighted by Gasteiger charge is 2.17. The first-order chi connectivity index (χ1) is 7.06. The summed E-state index contributed by atoms with van der Waals surface area (Å²) in [6.07, 6.45) is 0.605. The van der Waals surface area contributed by atoms with Gasteiger partial charge in [0.25, 0.3) is 0 Å². The number of nitrogens with two attached hydrogens (primary N) is 1. The lowest BCUT2D eigenvalue weighted by molar-refractivity contribution is -0.136. The maximum atomic E-state index is 10.9. The zero-order chi connectivity index (χ0) is 11.4. The maximum Gasteiger partial charge on any atom is 0.316 e. The summed E-state index contributed by atoms with van der Waals surface area (Å²) in [5.74, 6) is -0.774. The van der Waals surface area contributed by atoms with Crippen molar-refractivity contribution in [1.29, 1.82) is 0 Å². The van der Waals surface area contributed by atoms with E-state index in [1.54, 1.807) is 0 Å². The molecule has 0 aromatic heterocycles. The molecular formula is C11H15NO2S. The topological polar surface area (TPSA) is 63.3 Å². The number of carboxylic acid groups (broad SMARTS) is 1. The van der Waals surface area contributed by atoms with Gasteiger partial charge in [-0.15, -0.1) is 11.8 Å². The van der Waals surface area contributed by atoms with Gasteiger partial charge in [-0.2, -0.15) is 0 Å². The molecule has 0 amide bonds. The fourth-order valence-corrected chi connectivity index (χ4v) is 2.25. The van der Waals surface area contributed by atoms with Gasteiger partial charge in [0.15, 0.2) is 0 Å². The van der Waals surface area contributed by atoms with E-state index in [-0.39, 0.29) is 0 Å². The molecule has 1 rings (SSSR count). The molecule has 0 fully saturated rings. The molecule has 1 aromatic carbocycles. The summed E-state index contributed by atoms with van der Waals surface area (Å²) < 4.78 is 0. The van der Waals surface area contributed by atoms with Gasteiger partial charge in [-0.1, -0.05) is 13.0 Å². The van der Waals surface area contributed by atoms with Crippen LogP contribution in [0.15, 0.2) is 23.1 Å². The fourth-order valence-electron chi connectivity index (χ4n) is 1.22. The largest absolute Gasteiger partial charge is 0.480 e. The van der Waals surface area contributed by atoms with E-state index in [0.29, 0.717) is 12.1 Å². The molecule has 0 heterocycles. The molecule has 1 unspecified atom stereocenters. The first-order valence-corrected chi connectivity index (χ1v) is 5.68. The van der Waals surface area contributed by atoms with E-state index in [4.69, 9.17) is 10.8 Å². The highest BCUT2D eigenvalue weighted by Crippen LogP contribution is 2.30. The molecule has 0 saturated carbocycles. The molecule has 0 spiro atoms. The molecule has 0 bridgehead atoms. The van der Waals surface area contributed by atoms with Gasteiger partial charge < -0.3 is 10.8 Å². The molecule has 0 aliphatic heterocycles. The Kier molecular flexibility index (Phi) is 4.03. The molecule has 0 saturated heterocycles. The highest BCUT2D eigenvalue weighted by atomic mass is 32.2. The number of carbonyl (C=O) groups is 1. The molecule has 3 nitrogen and oxygen atoms in total. The Balaban J connectivity index is 2.88. The molecule has 0 radical (unpaired) electrons. The molecular weight excluding hydrogens is 210 g/mol. The zero-order valence-corrected chi connectivity index (χ0v) is 9.67. The van der Waals surface area contributed by atoms with Crippen molar-refractivity contribution >= 4 is 23.4 Å². The van der Waals surface area contributed by atoms with Crippen LogP contribution in [0, 0.1) is 6.92 Å². The maximum absolute atomic E-state index is 10.9. The lowest BCUT2D eigenvalue weighted by atomic mass is 10.2. The van der Waals surface area contributed by atoms with Gasteiger partial charge in [0.05, 0.1) is 0 Å². The number of hydrogen-bond donors (Lipinski definition) is 2. The van der Waals surface area contributed by atoms with Crippen LogP contribution in [0.3, 0.4) is 0 Å². The van der Waals surface area contributed by atoms with E-state index in [9.17, 15) is 4.79 Å². The smallest absolute Gasteiger partial charge is 0.316 e. The number of anilines is 1. The Labute approximate surface area is 93.7 Å². The summed E-state index contributed by atoms with van der Waals surface area (Å²) >= 11 is 1.36. The van der Waals surface area contributed by atoms with Gasteiger partial charge in [-0.25, -0.2) is 0 Å². The SMILES string of the molecule is CCC(Sc1cccc(N)c1C)C(=O)O. The number of benzene rings is 1. The van der Waals surface area contributed by atoms with Crippen LogP contribution < -0.4 is 5.73 Å². The van der Waals surface area contributed by atoms with Gasteiger partial charge >= 0.3 is 5.97 Å². The van der Waals surface area contributed by atoms with E-state index in [2.05, 4.69) is 0 Å². The molecule has 0 aliphatic rings. The normalized spacial score (nSPS) is 12.4. The van der Waals surface area contributed by atoms with Crippen molar-refractivity contribution < 1.29 is 9.90 Å². The number of carboxylic acids is 1. The van der Waals surface area contributed by atoms with Crippen molar-refractivity contribution in [2.45, 2.75) is 30.4 Å². The lowest BCUT2D eigenvalue weighted by Crippen LogP contribution is -2.14. The number of nitrogen functional groups attached to an aromatic ring is 1. The predicted molar refractivity (Wildman–Crippen MR) is 63.2 cm³/mol. The van der Waals surface area contributed by atoms with E-state index >= 15 is 0 Å². The highest BCUT2D eigenvalue weighted by molar-refractivity contribution is 8.00. The van der Waals surface area contributed by atoms with Crippen molar-refractivity contribution in [2.75, 3.05) is 5.73 Å². The summed E-state index contributed by atoms with van der Waals surface area (Å²) in [6, 6.07) is 5.57. The first-order valence-electron chi connectivity index (χ1n) is 4.80. The molecule has 15 heavy (non-hydrogen) atoms. The Morgan fingerprint density at radius 2 is 2.27 bits per heavy atom. The lowest BCUT2D eigenvalue weighted by Gasteiger charge is -2.12. The minimum atomic E-state index is -0.774. The van der Waals surface area contributed by atoms with Crippen molar-refractivity contribution in [3.05, 3.63) is 23.8 Å². The van der Waals surface area contributed by atoms with Crippen molar-refractivity contribution in [3.8, 4) is 0 Å². The van der Waals surface area contributed by atoms with E-state index in [1.165, 1.54) is 11.8 Å². The Hall–Kier alpha value is -1.16. The summed E-state index contributed by atoms with van der Waals surface area (Å²) in [7, 11) is 0. The van der Waals surface area contributed by atoms with Crippen molar-refractivity contribution in [1.82, 2.24) is 0 Å². The molecule has 1 aromatic rings. The molecule has 0 aliphatic carbocycles. The fraction of sp³-hybridized carbons (Fsp3) is 0.364. The Morgan fingerprint density at radius 3 is 2.80 bits per heavy atom. The first kappa shape index (κ1) is 11.9. The van der Waals surface area contributed by atoms with Crippen LogP contribution in [0.2, 0.25) is 0 Å². The number of aliphatic carboxylic acids is 1. The Morgan fingerprint density at radius 1 is 1.60 bits per heavy atom. The number of rotatable bonds is 4. The summed E-state index contributed by atoms with van der Waals surface area (Å²) in [5.41, 5.74) is 7.42. The van der Waals surface area contributed by atoms with Crippen LogP contribution in [0.4, 0.5) is 5.69 Å². The standard InChI is InChI=1S/C11H15NO2S/c1-3-9(11(13)14)15-10-6-4-5-8(12)7(10)2/h4-6,9H,3,12H2,1-2H3,(H,13,14). The third-order valence-electron chi connectivity index (χ3n) is 2.24. The van der Waals surface area contributed by atoms with Crippen LogP contribution in [-0.4, -0.2) is 16.3 Å². The van der Waals surface area contributed by atoms with Crippen LogP contribution in [0.1, 0.15) is 18.9 Å². The molecule has 4 heteroatoms. The van der Waals surface area contributed by atoms with E-state index in [1.807, 2.05) is 32.0 Å². The molecule has 82 valence electrons. The second kappa shape index (κ2) is 5.07. The van der Waals surface area contributed by atoms with E-state index in [0.717, 1.165) is 10.5 Å². The van der Waals surface area contributed by atoms with E-state index < -0.39 is 11.2 Å². The van der Waals surface area contributed by atoms with Gasteiger partial charge in [-0.05, 0) is 31.0 Å². The number of hydrogen-bond acceptors (Lipinski definition) is 3. The monoisotopic (exact) mass is 225 g/mol. The predicted octanol–water partition coefficient (Wildman–Crippen LogP) is 2.53. The summed E-state index contributed by atoms with van der Waals surface area (Å²) in [5, 5.41) is 8.54. The Bertz CT molecular complexity index is 366. The van der Waals surface area contributed by atoms with Gasteiger partial charge in [0, 0.05) is 10.6 Å². The van der Waals surface area contributed by atoms with Crippen LogP contribution in [-0.2, 0) is 4.79 Å². The number of thioether (sulfide) groups is 1. The zero-order valence-electron chi connectivity index (χ0n) is 8.86. The van der Waals surface area contributed by atoms with Crippen LogP contribution in [0.25, 0.3) is 0 Å². The van der Waals surface area contributed by atoms with Gasteiger partial charge in [0.1, 0.15) is 5.25 Å². The third-order valence-corrected chi connectivity index (χ3v) is 3.76. The van der Waals surface area contributed by atoms with Crippen LogP contribution in [0.5, 0.6) is 0 Å². The molecule has 1 atom stereocenters. The minimum absolute atomic E-state index is 0.398. The summed E-state index contributed by atoms with van der Waals surface area (Å²) in [4.78, 5) is 11.8. The van der Waals surface area contributed by atoms with Gasteiger partial charge in [-0.3, -0.25) is 4.79 Å². The second-order valence-corrected chi connectivity index (χ2v) is 4.57. The molecule has 3 N–H and O–H groups in total. The van der Waals surface area contributed by atoms with Crippen LogP contribution >= 0.6 is 11.8 Å². The quantitative estimate of drug-likeness (QED) is 0.610. The van der Waals surface area contributed by atoms with Crippen molar-refractivity contribution in [2.24, 2.45) is 0 Å². The minimum Gasteiger partial charge on any atom is -0.480 e. The average molecular weight is 225 g/mol. The van der Waals surface area contributed by atoms with Gasteiger partial charge in [0.2, 0.25) is 0 Å². The third kappa shape index (κ3) is 2.89.